The largest absolute Gasteiger partial charge is 0.484 e. The van der Waals surface area contributed by atoms with Crippen molar-refractivity contribution in [3.05, 3.63) is 42.5 Å². The second-order valence-corrected chi connectivity index (χ2v) is 12.1. The highest BCUT2D eigenvalue weighted by Crippen LogP contribution is 2.45. The number of hydrogen-bond acceptors (Lipinski definition) is 9. The van der Waals surface area contributed by atoms with Crippen molar-refractivity contribution >= 4 is 40.9 Å². The number of nitrogens with two attached hydrogens (primary N) is 1. The number of fused-ring (bicyclic) bond motifs is 2. The normalized spacial score (nSPS) is 19.1. The van der Waals surface area contributed by atoms with E-state index < -0.39 is 42.1 Å². The molecule has 4 rings (SSSR count). The van der Waals surface area contributed by atoms with Gasteiger partial charge in [-0.1, -0.05) is 51.6 Å². The molecule has 10 nitrogen and oxygen atoms in total. The van der Waals surface area contributed by atoms with E-state index in [2.05, 4.69) is 16.7 Å². The van der Waals surface area contributed by atoms with E-state index in [4.69, 9.17) is 19.9 Å². The highest BCUT2D eigenvalue weighted by Gasteiger charge is 2.42. The van der Waals surface area contributed by atoms with Crippen molar-refractivity contribution in [2.75, 3.05) is 25.6 Å². The third-order valence-corrected chi connectivity index (χ3v) is 8.26. The number of benzene rings is 2. The Hall–Kier alpha value is -3.12. The maximum atomic E-state index is 14.0. The molecule has 0 aromatic heterocycles. The molecule has 2 aliphatic rings. The molecule has 1 fully saturated rings. The lowest BCUT2D eigenvalue weighted by Gasteiger charge is -2.33. The molecular weight excluding hydrogens is 544 g/mol. The average molecular weight is 585 g/mol. The molecule has 222 valence electrons. The van der Waals surface area contributed by atoms with Gasteiger partial charge in [0.2, 0.25) is 5.91 Å². The van der Waals surface area contributed by atoms with Gasteiger partial charge < -0.3 is 30.6 Å². The van der Waals surface area contributed by atoms with Crippen LogP contribution in [0.15, 0.2) is 52.3 Å². The molecule has 0 bridgehead atoms. The number of rotatable bonds is 11. The number of nitrogens with one attached hydrogen (secondary N) is 2. The molecule has 41 heavy (non-hydrogen) atoms. The minimum absolute atomic E-state index is 0.0665. The minimum Gasteiger partial charge on any atom is -0.484 e. The zero-order valence-corrected chi connectivity index (χ0v) is 25.0. The van der Waals surface area contributed by atoms with Crippen LogP contribution in [0, 0.1) is 11.8 Å². The van der Waals surface area contributed by atoms with Crippen molar-refractivity contribution < 1.29 is 28.6 Å². The van der Waals surface area contributed by atoms with Gasteiger partial charge >= 0.3 is 0 Å². The Morgan fingerprint density at radius 1 is 1.12 bits per heavy atom. The first-order valence-electron chi connectivity index (χ1n) is 14.0. The van der Waals surface area contributed by atoms with Crippen molar-refractivity contribution in [1.29, 1.82) is 0 Å². The fraction of sp³-hybridized carbons (Fsp3) is 0.500. The first-order chi connectivity index (χ1) is 19.6. The van der Waals surface area contributed by atoms with Crippen LogP contribution in [-0.2, 0) is 23.9 Å². The van der Waals surface area contributed by atoms with Gasteiger partial charge in [0.05, 0.1) is 30.1 Å². The molecule has 2 aromatic rings. The molecule has 2 heterocycles. The molecule has 2 aliphatic heterocycles. The molecule has 2 aromatic carbocycles. The summed E-state index contributed by atoms with van der Waals surface area (Å²) in [5, 5.41) is 6.20. The number of para-hydroxylation sites is 1. The van der Waals surface area contributed by atoms with Gasteiger partial charge in [0, 0.05) is 23.0 Å². The number of methoxy groups -OCH3 is 1. The van der Waals surface area contributed by atoms with Crippen LogP contribution in [0.1, 0.15) is 40.5 Å². The fourth-order valence-electron chi connectivity index (χ4n) is 4.85. The van der Waals surface area contributed by atoms with Gasteiger partial charge in [-0.15, -0.1) is 0 Å². The number of imide groups is 1. The van der Waals surface area contributed by atoms with Crippen LogP contribution in [0.25, 0.3) is 0 Å². The van der Waals surface area contributed by atoms with Crippen molar-refractivity contribution in [3.63, 3.8) is 0 Å². The summed E-state index contributed by atoms with van der Waals surface area (Å²) in [7, 11) is 1.47. The Balaban J connectivity index is 1.52. The van der Waals surface area contributed by atoms with E-state index in [0.717, 1.165) is 26.1 Å². The quantitative estimate of drug-likeness (QED) is 0.307. The van der Waals surface area contributed by atoms with Gasteiger partial charge in [0.15, 0.2) is 12.9 Å². The smallest absolute Gasteiger partial charge is 0.267 e. The first-order valence-corrected chi connectivity index (χ1v) is 14.8. The molecule has 0 spiro atoms. The van der Waals surface area contributed by atoms with Crippen LogP contribution >= 0.6 is 11.8 Å². The lowest BCUT2D eigenvalue weighted by Crippen LogP contribution is -2.59. The maximum Gasteiger partial charge on any atom is 0.267 e. The number of nitrogens with zero attached hydrogens (tertiary/aromatic N) is 1. The summed E-state index contributed by atoms with van der Waals surface area (Å²) in [6.07, 6.45) is -0.0364. The molecule has 3 amide bonds. The predicted octanol–water partition coefficient (Wildman–Crippen LogP) is 3.90. The van der Waals surface area contributed by atoms with Crippen molar-refractivity contribution in [2.45, 2.75) is 74.7 Å². The summed E-state index contributed by atoms with van der Waals surface area (Å²) in [6, 6.07) is 11.2. The summed E-state index contributed by atoms with van der Waals surface area (Å²) in [5.41, 5.74) is 7.93. The molecule has 1 saturated heterocycles. The molecule has 11 heteroatoms. The van der Waals surface area contributed by atoms with Crippen molar-refractivity contribution in [1.82, 2.24) is 10.2 Å². The van der Waals surface area contributed by atoms with E-state index in [1.165, 1.54) is 7.11 Å². The third-order valence-electron chi connectivity index (χ3n) is 7.11. The van der Waals surface area contributed by atoms with E-state index in [1.807, 2.05) is 58.0 Å². The molecule has 0 aliphatic carbocycles. The molecule has 0 saturated carbocycles. The maximum absolute atomic E-state index is 14.0. The Bertz CT molecular complexity index is 1260. The Morgan fingerprint density at radius 3 is 2.56 bits per heavy atom. The Kier molecular flexibility index (Phi) is 10.3. The number of ether oxygens (including phenoxy) is 3. The van der Waals surface area contributed by atoms with Gasteiger partial charge in [0.25, 0.3) is 11.8 Å². The number of hydrogen-bond donors (Lipinski definition) is 3. The first kappa shape index (κ1) is 30.8. The molecule has 0 radical (unpaired) electrons. The van der Waals surface area contributed by atoms with E-state index in [1.54, 1.807) is 17.8 Å². The number of anilines is 2. The minimum atomic E-state index is -0.945. The van der Waals surface area contributed by atoms with Crippen LogP contribution in [0.3, 0.4) is 0 Å². The molecule has 4 atom stereocenters. The lowest BCUT2D eigenvalue weighted by atomic mass is 9.99. The number of amides is 3. The number of carbonyl (C=O) groups excluding carboxylic acids is 3. The van der Waals surface area contributed by atoms with Crippen LogP contribution in [0.2, 0.25) is 0 Å². The van der Waals surface area contributed by atoms with E-state index in [9.17, 15) is 14.4 Å². The monoisotopic (exact) mass is 584 g/mol. The van der Waals surface area contributed by atoms with E-state index >= 15 is 0 Å². The fourth-order valence-corrected chi connectivity index (χ4v) is 5.82. The Morgan fingerprint density at radius 2 is 1.85 bits per heavy atom. The van der Waals surface area contributed by atoms with E-state index in [0.29, 0.717) is 25.2 Å². The zero-order valence-electron chi connectivity index (χ0n) is 24.2. The molecule has 4 N–H and O–H groups in total. The zero-order chi connectivity index (χ0) is 29.7. The van der Waals surface area contributed by atoms with Gasteiger partial charge in [-0.05, 0) is 48.9 Å². The van der Waals surface area contributed by atoms with Crippen LogP contribution < -0.4 is 21.1 Å². The average Bonchev–Trinajstić information content (AvgIpc) is 3.42. The second-order valence-electron chi connectivity index (χ2n) is 11.1. The van der Waals surface area contributed by atoms with Crippen LogP contribution in [-0.4, -0.2) is 67.4 Å². The highest BCUT2D eigenvalue weighted by molar-refractivity contribution is 7.99. The topological polar surface area (TPSA) is 132 Å². The van der Waals surface area contributed by atoms with Gasteiger partial charge in [-0.3, -0.25) is 19.3 Å². The summed E-state index contributed by atoms with van der Waals surface area (Å²) in [4.78, 5) is 43.8. The molecular formula is C30H40N4O6S. The van der Waals surface area contributed by atoms with Gasteiger partial charge in [-0.25, -0.2) is 0 Å². The lowest BCUT2D eigenvalue weighted by molar-refractivity contribution is -0.163. The summed E-state index contributed by atoms with van der Waals surface area (Å²) < 4.78 is 17.0. The summed E-state index contributed by atoms with van der Waals surface area (Å²) >= 11 is 1.65. The Labute approximate surface area is 245 Å². The van der Waals surface area contributed by atoms with Gasteiger partial charge in [0.1, 0.15) is 11.8 Å². The van der Waals surface area contributed by atoms with Crippen LogP contribution in [0.5, 0.6) is 5.75 Å². The second kappa shape index (κ2) is 13.7. The number of carbonyl (C=O) groups is 3. The summed E-state index contributed by atoms with van der Waals surface area (Å²) in [6.45, 7) is 7.51. The van der Waals surface area contributed by atoms with Gasteiger partial charge in [-0.2, -0.15) is 0 Å². The van der Waals surface area contributed by atoms with Crippen molar-refractivity contribution in [3.8, 4) is 5.75 Å². The highest BCUT2D eigenvalue weighted by atomic mass is 32.2. The standard InChI is InChI=1S/C30H40N4O6S/c1-17(2)14-22(33-28(36)27(31)18(3)4)29(37)34(23-12-13-39-30(23)38-5)26(35)16-40-19-10-11-25-21(15-19)32-20-8-6-7-9-24(20)41-25/h6-11,15,17-18,22-23,27,30,32H,12-14,16,31H2,1-5H3,(H,33,36)/t22-,23-,27-,30?/m0/s1. The third kappa shape index (κ3) is 7.40. The SMILES string of the molecule is COC1OCC[C@@H]1N(C(=O)COc1ccc2c(c1)Nc1ccccc1S2)C(=O)[C@H](CC(C)C)NC(=O)[C@@H](N)C(C)C. The predicted molar refractivity (Wildman–Crippen MR) is 157 cm³/mol. The van der Waals surface area contributed by atoms with Crippen molar-refractivity contribution in [2.24, 2.45) is 17.6 Å². The van der Waals surface area contributed by atoms with Crippen LogP contribution in [0.4, 0.5) is 11.4 Å². The van der Waals surface area contributed by atoms with E-state index in [-0.39, 0.29) is 18.4 Å². The summed E-state index contributed by atoms with van der Waals surface area (Å²) in [5.74, 6) is -1.08. The molecule has 1 unspecified atom stereocenters.